The first kappa shape index (κ1) is 12.3. The zero-order chi connectivity index (χ0) is 12.1. The maximum Gasteiger partial charge on any atom is 0.232 e. The summed E-state index contributed by atoms with van der Waals surface area (Å²) < 4.78 is 13.2. The van der Waals surface area contributed by atoms with Crippen molar-refractivity contribution in [1.29, 1.82) is 0 Å². The van der Waals surface area contributed by atoms with E-state index in [1.165, 1.54) is 12.1 Å². The summed E-state index contributed by atoms with van der Waals surface area (Å²) in [6, 6.07) is 4.01. The molecule has 0 aliphatic carbocycles. The molecule has 5 nitrogen and oxygen atoms in total. The smallest absolute Gasteiger partial charge is 0.232 e. The number of amides is 1. The van der Waals surface area contributed by atoms with Crippen LogP contribution < -0.4 is 11.1 Å². The number of carbonyl (C=O) groups excluding carboxylic acids is 1. The lowest BCUT2D eigenvalue weighted by Gasteiger charge is -2.07. The lowest BCUT2D eigenvalue weighted by atomic mass is 10.3. The number of rotatable bonds is 3. The van der Waals surface area contributed by atoms with E-state index < -0.39 is 11.7 Å². The molecule has 86 valence electrons. The lowest BCUT2D eigenvalue weighted by Crippen LogP contribution is -2.22. The second-order valence-corrected chi connectivity index (χ2v) is 3.32. The third-order valence-corrected chi connectivity index (χ3v) is 2.01. The zero-order valence-electron chi connectivity index (χ0n) is 8.08. The number of hydrogen-bond donors (Lipinski definition) is 3. The maximum absolute atomic E-state index is 13.2. The van der Waals surface area contributed by atoms with Crippen molar-refractivity contribution in [2.75, 3.05) is 5.32 Å². The van der Waals surface area contributed by atoms with Gasteiger partial charge in [0.2, 0.25) is 5.91 Å². The Morgan fingerprint density at radius 2 is 2.31 bits per heavy atom. The number of nitrogens with two attached hydrogens (primary N) is 1. The number of carbonyl (C=O) groups is 1. The molecular weight excluding hydrogens is 237 g/mol. The first-order valence-electron chi connectivity index (χ1n) is 4.25. The number of oxime groups is 1. The van der Waals surface area contributed by atoms with Crippen LogP contribution in [0, 0.1) is 5.82 Å². The molecule has 0 heterocycles. The first-order chi connectivity index (χ1) is 7.54. The fourth-order valence-electron chi connectivity index (χ4n) is 1.00. The fraction of sp³-hybridized carbons (Fsp3) is 0.111. The van der Waals surface area contributed by atoms with Crippen molar-refractivity contribution in [3.63, 3.8) is 0 Å². The Kier molecular flexibility index (Phi) is 4.07. The number of hydrogen-bond acceptors (Lipinski definition) is 3. The molecule has 1 amide bonds. The average Bonchev–Trinajstić information content (AvgIpc) is 2.23. The topological polar surface area (TPSA) is 87.7 Å². The number of amidine groups is 1. The second kappa shape index (κ2) is 5.32. The molecule has 0 aliphatic heterocycles. The van der Waals surface area contributed by atoms with Crippen LogP contribution in [0.15, 0.2) is 23.4 Å². The van der Waals surface area contributed by atoms with E-state index in [1.54, 1.807) is 0 Å². The van der Waals surface area contributed by atoms with Gasteiger partial charge in [0.25, 0.3) is 0 Å². The van der Waals surface area contributed by atoms with Gasteiger partial charge in [-0.2, -0.15) is 0 Å². The van der Waals surface area contributed by atoms with Crippen LogP contribution in [0.2, 0.25) is 5.02 Å². The maximum atomic E-state index is 13.2. The predicted molar refractivity (Wildman–Crippen MR) is 58.1 cm³/mol. The van der Waals surface area contributed by atoms with E-state index in [0.717, 1.165) is 6.07 Å². The van der Waals surface area contributed by atoms with Crippen LogP contribution in [0.4, 0.5) is 10.1 Å². The Balaban J connectivity index is 2.77. The summed E-state index contributed by atoms with van der Waals surface area (Å²) in [6.07, 6.45) is -0.346. The van der Waals surface area contributed by atoms with Gasteiger partial charge in [-0.3, -0.25) is 4.79 Å². The van der Waals surface area contributed by atoms with Crippen LogP contribution in [-0.2, 0) is 4.79 Å². The van der Waals surface area contributed by atoms with Crippen LogP contribution in [-0.4, -0.2) is 17.0 Å². The normalized spacial score (nSPS) is 11.2. The van der Waals surface area contributed by atoms with E-state index in [4.69, 9.17) is 22.5 Å². The van der Waals surface area contributed by atoms with Gasteiger partial charge in [0.05, 0.1) is 17.1 Å². The van der Waals surface area contributed by atoms with Crippen molar-refractivity contribution in [2.45, 2.75) is 6.42 Å². The molecule has 0 atom stereocenters. The minimum absolute atomic E-state index is 0.0767. The first-order valence-corrected chi connectivity index (χ1v) is 4.62. The van der Waals surface area contributed by atoms with Crippen LogP contribution >= 0.6 is 11.6 Å². The van der Waals surface area contributed by atoms with Gasteiger partial charge in [0.15, 0.2) is 0 Å². The molecule has 0 unspecified atom stereocenters. The van der Waals surface area contributed by atoms with Gasteiger partial charge >= 0.3 is 0 Å². The highest BCUT2D eigenvalue weighted by Gasteiger charge is 2.11. The fourth-order valence-corrected chi connectivity index (χ4v) is 1.21. The van der Waals surface area contributed by atoms with Gasteiger partial charge in [-0.1, -0.05) is 22.8 Å². The number of anilines is 1. The zero-order valence-corrected chi connectivity index (χ0v) is 8.83. The molecule has 0 bridgehead atoms. The molecule has 16 heavy (non-hydrogen) atoms. The van der Waals surface area contributed by atoms with E-state index >= 15 is 0 Å². The summed E-state index contributed by atoms with van der Waals surface area (Å²) >= 11 is 5.68. The average molecular weight is 246 g/mol. The number of nitrogens with one attached hydrogen (secondary N) is 1. The monoisotopic (exact) mass is 245 g/mol. The minimum Gasteiger partial charge on any atom is -0.409 e. The largest absolute Gasteiger partial charge is 0.409 e. The molecule has 1 rings (SSSR count). The highest BCUT2D eigenvalue weighted by molar-refractivity contribution is 6.33. The molecule has 1 aromatic rings. The quantitative estimate of drug-likeness (QED) is 0.327. The summed E-state index contributed by atoms with van der Waals surface area (Å²) in [7, 11) is 0. The van der Waals surface area contributed by atoms with E-state index in [9.17, 15) is 9.18 Å². The summed E-state index contributed by atoms with van der Waals surface area (Å²) in [4.78, 5) is 11.3. The van der Waals surface area contributed by atoms with Crippen molar-refractivity contribution in [2.24, 2.45) is 10.9 Å². The van der Waals surface area contributed by atoms with Crippen molar-refractivity contribution in [3.05, 3.63) is 29.0 Å². The van der Waals surface area contributed by atoms with E-state index in [-0.39, 0.29) is 23.0 Å². The Hall–Kier alpha value is -1.82. The minimum atomic E-state index is -0.652. The molecule has 1 aromatic carbocycles. The summed E-state index contributed by atoms with van der Waals surface area (Å²) in [5.41, 5.74) is 4.99. The van der Waals surface area contributed by atoms with Gasteiger partial charge < -0.3 is 16.3 Å². The van der Waals surface area contributed by atoms with E-state index in [0.29, 0.717) is 0 Å². The number of benzene rings is 1. The summed E-state index contributed by atoms with van der Waals surface area (Å²) in [5.74, 6) is -1.55. The Morgan fingerprint density at radius 3 is 2.88 bits per heavy atom. The third kappa shape index (κ3) is 3.09. The van der Waals surface area contributed by atoms with Gasteiger partial charge in [-0.05, 0) is 12.1 Å². The van der Waals surface area contributed by atoms with Gasteiger partial charge in [-0.25, -0.2) is 4.39 Å². The van der Waals surface area contributed by atoms with Crippen LogP contribution in [0.1, 0.15) is 6.42 Å². The highest BCUT2D eigenvalue weighted by Crippen LogP contribution is 2.24. The SMILES string of the molecule is N/C(CC(=O)Nc1c(F)cccc1Cl)=N/O. The summed E-state index contributed by atoms with van der Waals surface area (Å²) in [6.45, 7) is 0. The molecule has 0 aromatic heterocycles. The van der Waals surface area contributed by atoms with Crippen molar-refractivity contribution >= 4 is 29.0 Å². The molecule has 0 aliphatic rings. The van der Waals surface area contributed by atoms with Crippen molar-refractivity contribution in [1.82, 2.24) is 0 Å². The molecule has 4 N–H and O–H groups in total. The van der Waals surface area contributed by atoms with Crippen LogP contribution in [0.3, 0.4) is 0 Å². The molecule has 0 fully saturated rings. The number of halogens is 2. The predicted octanol–water partition coefficient (Wildman–Crippen LogP) is 1.55. The molecule has 0 spiro atoms. The molecule has 0 saturated carbocycles. The van der Waals surface area contributed by atoms with E-state index in [1.807, 2.05) is 0 Å². The molecule has 7 heteroatoms. The Bertz CT molecular complexity index is 417. The van der Waals surface area contributed by atoms with Gasteiger partial charge in [0.1, 0.15) is 11.7 Å². The van der Waals surface area contributed by atoms with Gasteiger partial charge in [-0.15, -0.1) is 0 Å². The summed E-state index contributed by atoms with van der Waals surface area (Å²) in [5, 5.41) is 13.2. The third-order valence-electron chi connectivity index (χ3n) is 1.70. The molecular formula is C9H9ClFN3O2. The van der Waals surface area contributed by atoms with Crippen LogP contribution in [0.25, 0.3) is 0 Å². The standard InChI is InChI=1S/C9H9ClFN3O2/c10-5-2-1-3-6(11)9(5)13-8(15)4-7(12)14-16/h1-3,16H,4H2,(H2,12,14)(H,13,15). The number of nitrogens with zero attached hydrogens (tertiary/aromatic N) is 1. The molecule has 0 saturated heterocycles. The Labute approximate surface area is 95.7 Å². The van der Waals surface area contributed by atoms with Crippen LogP contribution in [0.5, 0.6) is 0 Å². The number of para-hydroxylation sites is 1. The lowest BCUT2D eigenvalue weighted by molar-refractivity contribution is -0.115. The van der Waals surface area contributed by atoms with Crippen molar-refractivity contribution < 1.29 is 14.4 Å². The Morgan fingerprint density at radius 1 is 1.62 bits per heavy atom. The van der Waals surface area contributed by atoms with Gasteiger partial charge in [0, 0.05) is 0 Å². The molecule has 0 radical (unpaired) electrons. The van der Waals surface area contributed by atoms with E-state index in [2.05, 4.69) is 10.5 Å². The highest BCUT2D eigenvalue weighted by atomic mass is 35.5. The van der Waals surface area contributed by atoms with Crippen molar-refractivity contribution in [3.8, 4) is 0 Å². The second-order valence-electron chi connectivity index (χ2n) is 2.91.